The molecule has 1 atom stereocenters. The molecule has 1 saturated heterocycles. The minimum Gasteiger partial charge on any atom is -0.506 e. The van der Waals surface area contributed by atoms with E-state index >= 15 is 0 Å². The summed E-state index contributed by atoms with van der Waals surface area (Å²) in [7, 11) is 0. The number of piperidine rings is 1. The highest BCUT2D eigenvalue weighted by molar-refractivity contribution is 5.76. The number of aromatic hydroxyl groups is 1. The summed E-state index contributed by atoms with van der Waals surface area (Å²) in [6, 6.07) is 2.36. The largest absolute Gasteiger partial charge is 0.506 e. The summed E-state index contributed by atoms with van der Waals surface area (Å²) in [6.45, 7) is 3.32. The molecular formula is C18H21F3N6O2. The molecule has 156 valence electrons. The molecule has 8 nitrogen and oxygen atoms in total. The highest BCUT2D eigenvalue weighted by atomic mass is 19.4. The second kappa shape index (κ2) is 8.19. The lowest BCUT2D eigenvalue weighted by molar-refractivity contribution is -0.138. The quantitative estimate of drug-likeness (QED) is 0.689. The second-order valence-electron chi connectivity index (χ2n) is 7.04. The molecule has 2 aromatic heterocycles. The monoisotopic (exact) mass is 410 g/mol. The van der Waals surface area contributed by atoms with Crippen LogP contribution in [0.25, 0.3) is 11.4 Å². The van der Waals surface area contributed by atoms with Gasteiger partial charge in [-0.25, -0.2) is 4.98 Å². The maximum Gasteiger partial charge on any atom is 0.418 e. The molecule has 0 aromatic carbocycles. The smallest absolute Gasteiger partial charge is 0.418 e. The van der Waals surface area contributed by atoms with E-state index in [9.17, 15) is 23.1 Å². The normalized spacial score (nSPS) is 17.9. The van der Waals surface area contributed by atoms with Crippen LogP contribution in [0.2, 0.25) is 0 Å². The molecule has 1 aliphatic rings. The average molecular weight is 410 g/mol. The predicted octanol–water partition coefficient (Wildman–Crippen LogP) is 1.93. The number of nitrogens with one attached hydrogen (secondary N) is 1. The minimum atomic E-state index is -4.60. The maximum atomic E-state index is 12.7. The Labute approximate surface area is 164 Å². The van der Waals surface area contributed by atoms with Crippen molar-refractivity contribution in [2.75, 3.05) is 25.0 Å². The van der Waals surface area contributed by atoms with Crippen molar-refractivity contribution in [2.45, 2.75) is 32.0 Å². The van der Waals surface area contributed by atoms with Crippen molar-refractivity contribution in [1.82, 2.24) is 20.1 Å². The van der Waals surface area contributed by atoms with Gasteiger partial charge in [-0.15, -0.1) is 10.2 Å². The molecular weight excluding hydrogens is 389 g/mol. The van der Waals surface area contributed by atoms with E-state index in [1.807, 2.05) is 4.90 Å². The number of likely N-dealkylation sites (tertiary alicyclic amines) is 1. The van der Waals surface area contributed by atoms with Gasteiger partial charge in [0.15, 0.2) is 0 Å². The number of hydrogen-bond donors (Lipinski definition) is 3. The van der Waals surface area contributed by atoms with Gasteiger partial charge in [-0.1, -0.05) is 0 Å². The maximum absolute atomic E-state index is 12.7. The summed E-state index contributed by atoms with van der Waals surface area (Å²) in [5, 5.41) is 21.3. The van der Waals surface area contributed by atoms with E-state index in [0.29, 0.717) is 30.2 Å². The summed E-state index contributed by atoms with van der Waals surface area (Å²) < 4.78 is 38.2. The number of nitrogens with zero attached hydrogens (tertiary/aromatic N) is 4. The van der Waals surface area contributed by atoms with E-state index < -0.39 is 17.5 Å². The lowest BCUT2D eigenvalue weighted by Crippen LogP contribution is -2.45. The van der Waals surface area contributed by atoms with Crippen LogP contribution in [0, 0.1) is 6.92 Å². The number of alkyl halides is 3. The second-order valence-corrected chi connectivity index (χ2v) is 7.04. The number of rotatable bonds is 5. The third-order valence-corrected chi connectivity index (χ3v) is 4.64. The Morgan fingerprint density at radius 2 is 2.10 bits per heavy atom. The molecule has 1 aliphatic heterocycles. The molecule has 3 rings (SSSR count). The molecule has 1 amide bonds. The first-order valence-corrected chi connectivity index (χ1v) is 9.01. The molecule has 0 bridgehead atoms. The molecule has 3 heterocycles. The number of anilines is 1. The number of aromatic nitrogens is 3. The van der Waals surface area contributed by atoms with Crippen LogP contribution in [0.4, 0.5) is 19.0 Å². The molecule has 2 aromatic rings. The lowest BCUT2D eigenvalue weighted by Gasteiger charge is -2.32. The van der Waals surface area contributed by atoms with Gasteiger partial charge in [-0.2, -0.15) is 13.2 Å². The predicted molar refractivity (Wildman–Crippen MR) is 98.9 cm³/mol. The van der Waals surface area contributed by atoms with Crippen LogP contribution in [-0.2, 0) is 11.0 Å². The number of primary amides is 1. The van der Waals surface area contributed by atoms with Gasteiger partial charge in [-0.05, 0) is 44.0 Å². The third kappa shape index (κ3) is 5.11. The minimum absolute atomic E-state index is 0.0558. The summed E-state index contributed by atoms with van der Waals surface area (Å²) in [5.74, 6) is -0.509. The first-order valence-electron chi connectivity index (χ1n) is 9.01. The molecule has 1 unspecified atom stereocenters. The molecule has 0 spiro atoms. The Morgan fingerprint density at radius 3 is 2.72 bits per heavy atom. The van der Waals surface area contributed by atoms with Gasteiger partial charge in [0.25, 0.3) is 0 Å². The van der Waals surface area contributed by atoms with Crippen LogP contribution < -0.4 is 11.1 Å². The zero-order valence-corrected chi connectivity index (χ0v) is 15.7. The molecule has 4 N–H and O–H groups in total. The van der Waals surface area contributed by atoms with Crippen molar-refractivity contribution < 1.29 is 23.1 Å². The molecule has 0 aliphatic carbocycles. The number of amides is 1. The summed E-state index contributed by atoms with van der Waals surface area (Å²) in [4.78, 5) is 16.8. The molecule has 11 heteroatoms. The van der Waals surface area contributed by atoms with Crippen molar-refractivity contribution in [3.63, 3.8) is 0 Å². The number of aryl methyl sites for hydroxylation is 1. The first kappa shape index (κ1) is 20.8. The zero-order chi connectivity index (χ0) is 21.2. The van der Waals surface area contributed by atoms with Gasteiger partial charge < -0.3 is 16.2 Å². The number of nitrogens with two attached hydrogens (primary N) is 1. The van der Waals surface area contributed by atoms with Crippen LogP contribution in [0.3, 0.4) is 0 Å². The van der Waals surface area contributed by atoms with Gasteiger partial charge >= 0.3 is 6.18 Å². The molecule has 0 radical (unpaired) electrons. The van der Waals surface area contributed by atoms with Gasteiger partial charge in [-0.3, -0.25) is 9.69 Å². The van der Waals surface area contributed by atoms with Crippen LogP contribution >= 0.6 is 0 Å². The zero-order valence-electron chi connectivity index (χ0n) is 15.7. The van der Waals surface area contributed by atoms with E-state index in [4.69, 9.17) is 5.73 Å². The Hall–Kier alpha value is -2.95. The average Bonchev–Trinajstić information content (AvgIpc) is 2.61. The van der Waals surface area contributed by atoms with Gasteiger partial charge in [0.1, 0.15) is 23.0 Å². The van der Waals surface area contributed by atoms with Crippen molar-refractivity contribution in [3.8, 4) is 17.1 Å². The summed E-state index contributed by atoms with van der Waals surface area (Å²) in [6.07, 6.45) is -2.16. The fraction of sp³-hybridized carbons (Fsp3) is 0.444. The van der Waals surface area contributed by atoms with E-state index in [-0.39, 0.29) is 29.9 Å². The highest BCUT2D eigenvalue weighted by Gasteiger charge is 2.32. The first-order chi connectivity index (χ1) is 13.6. The summed E-state index contributed by atoms with van der Waals surface area (Å²) in [5.41, 5.74) is 4.92. The Kier molecular flexibility index (Phi) is 5.87. The van der Waals surface area contributed by atoms with Crippen LogP contribution in [0.15, 0.2) is 18.3 Å². The Bertz CT molecular complexity index is 906. The number of halogens is 3. The molecule has 29 heavy (non-hydrogen) atoms. The van der Waals surface area contributed by atoms with Crippen molar-refractivity contribution in [3.05, 3.63) is 29.5 Å². The molecule has 1 fully saturated rings. The van der Waals surface area contributed by atoms with E-state index in [2.05, 4.69) is 20.5 Å². The third-order valence-electron chi connectivity index (χ3n) is 4.64. The lowest BCUT2D eigenvalue weighted by atomic mass is 10.1. The van der Waals surface area contributed by atoms with Crippen LogP contribution in [0.1, 0.15) is 24.0 Å². The topological polar surface area (TPSA) is 117 Å². The van der Waals surface area contributed by atoms with Crippen LogP contribution in [0.5, 0.6) is 5.75 Å². The number of hydrogen-bond acceptors (Lipinski definition) is 7. The molecule has 0 saturated carbocycles. The Morgan fingerprint density at radius 1 is 1.34 bits per heavy atom. The highest BCUT2D eigenvalue weighted by Crippen LogP contribution is 2.35. The van der Waals surface area contributed by atoms with Gasteiger partial charge in [0.2, 0.25) is 5.91 Å². The number of pyridine rings is 1. The van der Waals surface area contributed by atoms with E-state index in [0.717, 1.165) is 19.4 Å². The van der Waals surface area contributed by atoms with E-state index in [1.54, 1.807) is 13.0 Å². The fourth-order valence-corrected chi connectivity index (χ4v) is 3.33. The van der Waals surface area contributed by atoms with Crippen molar-refractivity contribution in [1.29, 1.82) is 0 Å². The Balaban J connectivity index is 1.75. The van der Waals surface area contributed by atoms with Crippen molar-refractivity contribution in [2.24, 2.45) is 5.73 Å². The summed E-state index contributed by atoms with van der Waals surface area (Å²) >= 11 is 0. The number of carbonyl (C=O) groups is 1. The van der Waals surface area contributed by atoms with Crippen molar-refractivity contribution >= 4 is 11.7 Å². The standard InChI is InChI=1S/C18H21F3N6O2/c1-10-5-15(24-12-3-2-4-27(8-12)9-14(22)29)25-26-16(10)17-13(28)6-11(7-23-17)18(19,20)21/h5-7,12,28H,2-4,8-9H2,1H3,(H2,22,29)(H,24,25). The SMILES string of the molecule is Cc1cc(NC2CCCN(CC(N)=O)C2)nnc1-c1ncc(C(F)(F)F)cc1O. The fourth-order valence-electron chi connectivity index (χ4n) is 3.33. The van der Waals surface area contributed by atoms with Gasteiger partial charge in [0.05, 0.1) is 12.1 Å². The number of carbonyl (C=O) groups excluding carboxylic acids is 1. The van der Waals surface area contributed by atoms with Gasteiger partial charge in [0, 0.05) is 18.8 Å². The van der Waals surface area contributed by atoms with E-state index in [1.165, 1.54) is 0 Å². The van der Waals surface area contributed by atoms with Crippen LogP contribution in [-0.4, -0.2) is 56.8 Å².